The van der Waals surface area contributed by atoms with E-state index in [4.69, 9.17) is 0 Å². The average Bonchev–Trinajstić information content (AvgIpc) is 3.59. The molecule has 0 aliphatic heterocycles. The van der Waals surface area contributed by atoms with Crippen LogP contribution in [0.4, 0.5) is 34.1 Å². The number of fused-ring (bicyclic) bond motifs is 6. The fourth-order valence-electron chi connectivity index (χ4n) is 11.0. The van der Waals surface area contributed by atoms with Crippen LogP contribution in [-0.4, -0.2) is 0 Å². The summed E-state index contributed by atoms with van der Waals surface area (Å²) in [6.45, 7) is 9.20. The van der Waals surface area contributed by atoms with Crippen LogP contribution >= 0.6 is 0 Å². The summed E-state index contributed by atoms with van der Waals surface area (Å²) in [6, 6.07) is 85.3. The molecule has 2 nitrogen and oxygen atoms in total. The third kappa shape index (κ3) is 6.87. The largest absolute Gasteiger partial charge is 0.310 e. The van der Waals surface area contributed by atoms with E-state index in [-0.39, 0.29) is 5.41 Å². The fraction of sp³-hybridized carbons (Fsp3) is 0.0769. The van der Waals surface area contributed by atoms with Gasteiger partial charge in [-0.25, -0.2) is 0 Å². The van der Waals surface area contributed by atoms with Gasteiger partial charge in [0, 0.05) is 39.5 Å². The van der Waals surface area contributed by atoms with Crippen molar-refractivity contribution in [1.29, 1.82) is 0 Å². The van der Waals surface area contributed by atoms with E-state index in [1.165, 1.54) is 88.0 Å². The Morgan fingerprint density at radius 3 is 1.36 bits per heavy atom. The summed E-state index contributed by atoms with van der Waals surface area (Å²) in [6.07, 6.45) is 0. The van der Waals surface area contributed by atoms with Gasteiger partial charge in [0.05, 0.1) is 0 Å². The Balaban J connectivity index is 1.19. The van der Waals surface area contributed by atoms with Gasteiger partial charge >= 0.3 is 0 Å². The van der Waals surface area contributed by atoms with E-state index in [0.29, 0.717) is 0 Å². The van der Waals surface area contributed by atoms with Crippen molar-refractivity contribution in [2.45, 2.75) is 33.1 Å². The van der Waals surface area contributed by atoms with Crippen LogP contribution in [0.25, 0.3) is 65.7 Å². The Kier molecular flexibility index (Phi) is 9.66. The predicted octanol–water partition coefficient (Wildman–Crippen LogP) is 18.3. The lowest BCUT2D eigenvalue weighted by Gasteiger charge is -2.28. The summed E-state index contributed by atoms with van der Waals surface area (Å²) in [5.74, 6) is 0. The Morgan fingerprint density at radius 2 is 0.761 bits per heavy atom. The Morgan fingerprint density at radius 1 is 0.299 bits per heavy atom. The van der Waals surface area contributed by atoms with Crippen LogP contribution < -0.4 is 9.80 Å². The van der Waals surface area contributed by atoms with Gasteiger partial charge in [0.25, 0.3) is 0 Å². The number of hydrogen-bond donors (Lipinski definition) is 0. The van der Waals surface area contributed by atoms with Gasteiger partial charge in [-0.1, -0.05) is 177 Å². The highest BCUT2D eigenvalue weighted by molar-refractivity contribution is 6.23. The van der Waals surface area contributed by atoms with E-state index in [1.807, 2.05) is 0 Å². The second-order valence-corrected chi connectivity index (χ2v) is 18.7. The number of aryl methyl sites for hydroxylation is 2. The molecule has 0 amide bonds. The maximum Gasteiger partial charge on any atom is 0.0468 e. The highest BCUT2D eigenvalue weighted by atomic mass is 15.1. The number of hydrogen-bond acceptors (Lipinski definition) is 2. The van der Waals surface area contributed by atoms with Gasteiger partial charge in [-0.05, 0) is 170 Å². The van der Waals surface area contributed by atoms with Crippen molar-refractivity contribution in [2.75, 3.05) is 9.80 Å². The first-order valence-electron chi connectivity index (χ1n) is 23.4. The number of nitrogens with zero attached hydrogens (tertiary/aromatic N) is 2. The third-order valence-electron chi connectivity index (χ3n) is 14.0. The van der Waals surface area contributed by atoms with Crippen molar-refractivity contribution in [2.24, 2.45) is 0 Å². The van der Waals surface area contributed by atoms with Crippen LogP contribution in [-0.2, 0) is 5.41 Å². The zero-order valence-electron chi connectivity index (χ0n) is 38.3. The molecule has 0 spiro atoms. The van der Waals surface area contributed by atoms with Gasteiger partial charge in [-0.3, -0.25) is 0 Å². The minimum atomic E-state index is -0.156. The van der Waals surface area contributed by atoms with Crippen LogP contribution in [0, 0.1) is 13.8 Å². The molecule has 0 saturated carbocycles. The molecule has 1 aliphatic carbocycles. The van der Waals surface area contributed by atoms with Crippen LogP contribution in [0.1, 0.15) is 36.1 Å². The van der Waals surface area contributed by atoms with E-state index in [0.717, 1.165) is 34.1 Å². The topological polar surface area (TPSA) is 6.48 Å². The Hall–Kier alpha value is -8.20. The molecule has 12 rings (SSSR count). The molecular weight excluding hydrogens is 809 g/mol. The molecule has 11 aromatic carbocycles. The molecule has 0 fully saturated rings. The van der Waals surface area contributed by atoms with Gasteiger partial charge in [0.1, 0.15) is 0 Å². The summed E-state index contributed by atoms with van der Waals surface area (Å²) in [7, 11) is 0. The molecule has 0 heterocycles. The van der Waals surface area contributed by atoms with Crippen molar-refractivity contribution >= 4 is 66.4 Å². The zero-order chi connectivity index (χ0) is 45.2. The number of benzene rings is 11. The summed E-state index contributed by atoms with van der Waals surface area (Å²) in [5.41, 5.74) is 19.3. The summed E-state index contributed by atoms with van der Waals surface area (Å²) in [5, 5.41) is 7.30. The molecule has 0 radical (unpaired) electrons. The van der Waals surface area contributed by atoms with E-state index in [9.17, 15) is 0 Å². The second kappa shape index (κ2) is 16.0. The van der Waals surface area contributed by atoms with Crippen molar-refractivity contribution in [1.82, 2.24) is 0 Å². The lowest BCUT2D eigenvalue weighted by atomic mass is 9.80. The average molecular weight is 859 g/mol. The molecule has 0 saturated heterocycles. The molecule has 0 aromatic heterocycles. The Bertz CT molecular complexity index is 3620. The summed E-state index contributed by atoms with van der Waals surface area (Å²) < 4.78 is 0. The minimum Gasteiger partial charge on any atom is -0.310 e. The van der Waals surface area contributed by atoms with Crippen molar-refractivity contribution in [3.05, 3.63) is 253 Å². The molecule has 1 aliphatic rings. The predicted molar refractivity (Wildman–Crippen MR) is 286 cm³/mol. The van der Waals surface area contributed by atoms with Gasteiger partial charge < -0.3 is 9.80 Å². The summed E-state index contributed by atoms with van der Waals surface area (Å²) in [4.78, 5) is 4.80. The van der Waals surface area contributed by atoms with E-state index >= 15 is 0 Å². The minimum absolute atomic E-state index is 0.156. The molecule has 2 heteroatoms. The van der Waals surface area contributed by atoms with Crippen LogP contribution in [0.5, 0.6) is 0 Å². The first-order valence-corrected chi connectivity index (χ1v) is 23.4. The molecule has 67 heavy (non-hydrogen) atoms. The fourth-order valence-corrected chi connectivity index (χ4v) is 11.0. The maximum atomic E-state index is 2.50. The lowest BCUT2D eigenvalue weighted by Crippen LogP contribution is -2.14. The molecule has 0 unspecified atom stereocenters. The monoisotopic (exact) mass is 858 g/mol. The summed E-state index contributed by atoms with van der Waals surface area (Å²) >= 11 is 0. The smallest absolute Gasteiger partial charge is 0.0468 e. The number of rotatable bonds is 8. The molecule has 320 valence electrons. The molecule has 0 N–H and O–H groups in total. The third-order valence-corrected chi connectivity index (χ3v) is 14.0. The first kappa shape index (κ1) is 40.3. The standard InChI is InChI=1S/C65H50N2/c1-43-36-44(2)38-48(37-43)64-58-35-32-54(67(51-24-12-7-13-25-51)52-30-28-45-18-14-15-19-46(45)39-52)42-59(58)63(47-29-33-56-55-26-16-17-27-61(55)65(3,4)62(56)40-47)57-34-31-53(41-60(57)64)66(49-20-8-5-9-21-49)50-22-10-6-11-23-50/h5-42H,1-4H3. The van der Waals surface area contributed by atoms with Crippen LogP contribution in [0.15, 0.2) is 231 Å². The van der Waals surface area contributed by atoms with Gasteiger partial charge in [0.2, 0.25) is 0 Å². The van der Waals surface area contributed by atoms with Crippen molar-refractivity contribution in [3.63, 3.8) is 0 Å². The Labute approximate surface area is 393 Å². The maximum absolute atomic E-state index is 2.50. The number of anilines is 6. The van der Waals surface area contributed by atoms with E-state index < -0.39 is 0 Å². The van der Waals surface area contributed by atoms with Crippen LogP contribution in [0.2, 0.25) is 0 Å². The quantitative estimate of drug-likeness (QED) is 0.141. The highest BCUT2D eigenvalue weighted by Crippen LogP contribution is 2.53. The first-order chi connectivity index (χ1) is 32.8. The highest BCUT2D eigenvalue weighted by Gasteiger charge is 2.35. The van der Waals surface area contributed by atoms with Gasteiger partial charge in [-0.2, -0.15) is 0 Å². The van der Waals surface area contributed by atoms with Gasteiger partial charge in [0.15, 0.2) is 0 Å². The lowest BCUT2D eigenvalue weighted by molar-refractivity contribution is 0.660. The molecule has 0 atom stereocenters. The second-order valence-electron chi connectivity index (χ2n) is 18.7. The SMILES string of the molecule is Cc1cc(C)cc(-c2c3ccc(N(c4ccccc4)c4ccc5ccccc5c4)cc3c(-c3ccc4c(c3)C(C)(C)c3ccccc3-4)c3ccc(N(c4ccccc4)c4ccccc4)cc23)c1. The van der Waals surface area contributed by atoms with Crippen molar-refractivity contribution < 1.29 is 0 Å². The zero-order valence-corrected chi connectivity index (χ0v) is 38.3. The normalized spacial score (nSPS) is 12.6. The van der Waals surface area contributed by atoms with Crippen LogP contribution in [0.3, 0.4) is 0 Å². The van der Waals surface area contributed by atoms with Crippen molar-refractivity contribution in [3.8, 4) is 33.4 Å². The van der Waals surface area contributed by atoms with E-state index in [2.05, 4.69) is 268 Å². The van der Waals surface area contributed by atoms with E-state index in [1.54, 1.807) is 0 Å². The molecule has 11 aromatic rings. The molecule has 0 bridgehead atoms. The van der Waals surface area contributed by atoms with Gasteiger partial charge in [-0.15, -0.1) is 0 Å². The molecular formula is C65H50N2. The number of para-hydroxylation sites is 3.